The third kappa shape index (κ3) is 3.82. The lowest BCUT2D eigenvalue weighted by molar-refractivity contribution is 0.100. The number of aromatic nitrogens is 2. The summed E-state index contributed by atoms with van der Waals surface area (Å²) in [7, 11) is 0. The van der Waals surface area contributed by atoms with Gasteiger partial charge in [0.05, 0.1) is 11.2 Å². The van der Waals surface area contributed by atoms with Crippen molar-refractivity contribution in [2.75, 3.05) is 0 Å². The lowest BCUT2D eigenvalue weighted by Crippen LogP contribution is -2.12. The maximum absolute atomic E-state index is 12.5. The highest BCUT2D eigenvalue weighted by atomic mass is 16.5. The number of carbonyl (C=O) groups excluding carboxylic acids is 1. The summed E-state index contributed by atoms with van der Waals surface area (Å²) in [6, 6.07) is 3.83. The number of allylic oxidation sites excluding steroid dienone is 5. The summed E-state index contributed by atoms with van der Waals surface area (Å²) in [5.41, 5.74) is 12.2. The van der Waals surface area contributed by atoms with Crippen molar-refractivity contribution in [1.29, 1.82) is 0 Å². The predicted molar refractivity (Wildman–Crippen MR) is 129 cm³/mol. The summed E-state index contributed by atoms with van der Waals surface area (Å²) >= 11 is 0. The van der Waals surface area contributed by atoms with Crippen LogP contribution in [0.25, 0.3) is 34.2 Å². The summed E-state index contributed by atoms with van der Waals surface area (Å²) in [5.74, 6) is 0.167. The van der Waals surface area contributed by atoms with E-state index < -0.39 is 5.91 Å². The molecular formula is C26H27N3O2. The van der Waals surface area contributed by atoms with Gasteiger partial charge in [-0.1, -0.05) is 55.3 Å². The van der Waals surface area contributed by atoms with Gasteiger partial charge in [0.1, 0.15) is 5.76 Å². The van der Waals surface area contributed by atoms with Crippen LogP contribution in [-0.4, -0.2) is 15.6 Å². The van der Waals surface area contributed by atoms with Crippen LogP contribution in [0.2, 0.25) is 0 Å². The molecule has 1 amide bonds. The maximum atomic E-state index is 12.5. The Morgan fingerprint density at radius 3 is 2.48 bits per heavy atom. The molecule has 5 nitrogen and oxygen atoms in total. The Morgan fingerprint density at radius 2 is 1.97 bits per heavy atom. The molecule has 158 valence electrons. The minimum atomic E-state index is -0.511. The molecule has 0 aliphatic carbocycles. The fraction of sp³-hybridized carbons (Fsp3) is 0.154. The van der Waals surface area contributed by atoms with E-state index in [4.69, 9.17) is 10.3 Å². The smallest absolute Gasteiger partial charge is 0.249 e. The Kier molecular flexibility index (Phi) is 6.25. The number of hydrogen-bond donors (Lipinski definition) is 1. The zero-order valence-corrected chi connectivity index (χ0v) is 18.2. The maximum Gasteiger partial charge on any atom is 0.249 e. The molecule has 2 aromatic heterocycles. The quantitative estimate of drug-likeness (QED) is 0.461. The van der Waals surface area contributed by atoms with Crippen LogP contribution < -0.4 is 5.73 Å². The Hall–Kier alpha value is -3.86. The molecule has 3 rings (SSSR count). The van der Waals surface area contributed by atoms with Gasteiger partial charge in [0.15, 0.2) is 0 Å². The van der Waals surface area contributed by atoms with Crippen LogP contribution in [0.4, 0.5) is 0 Å². The van der Waals surface area contributed by atoms with Crippen molar-refractivity contribution in [3.8, 4) is 11.1 Å². The lowest BCUT2D eigenvalue weighted by Gasteiger charge is -2.11. The van der Waals surface area contributed by atoms with E-state index in [1.165, 1.54) is 0 Å². The first-order valence-corrected chi connectivity index (χ1v) is 10.00. The first-order chi connectivity index (χ1) is 14.9. The highest BCUT2D eigenvalue weighted by Gasteiger charge is 2.22. The van der Waals surface area contributed by atoms with Crippen molar-refractivity contribution in [2.45, 2.75) is 27.3 Å². The molecule has 0 aliphatic rings. The normalized spacial score (nSPS) is 11.9. The first-order valence-electron chi connectivity index (χ1n) is 10.00. The molecule has 2 N–H and O–H groups in total. The third-order valence-electron chi connectivity index (χ3n) is 5.34. The molecule has 0 atom stereocenters. The van der Waals surface area contributed by atoms with Crippen molar-refractivity contribution in [3.63, 3.8) is 0 Å². The molecule has 1 aromatic carbocycles. The predicted octanol–water partition coefficient (Wildman–Crippen LogP) is 5.99. The zero-order valence-electron chi connectivity index (χ0n) is 18.2. The van der Waals surface area contributed by atoms with Crippen molar-refractivity contribution < 1.29 is 9.32 Å². The summed E-state index contributed by atoms with van der Waals surface area (Å²) in [6.45, 7) is 18.1. The van der Waals surface area contributed by atoms with E-state index in [1.807, 2.05) is 51.1 Å². The number of hydrogen-bond acceptors (Lipinski definition) is 3. The van der Waals surface area contributed by atoms with Gasteiger partial charge >= 0.3 is 0 Å². The van der Waals surface area contributed by atoms with Gasteiger partial charge in [0, 0.05) is 34.3 Å². The molecule has 31 heavy (non-hydrogen) atoms. The summed E-state index contributed by atoms with van der Waals surface area (Å²) in [6.07, 6.45) is 11.3. The average molecular weight is 414 g/mol. The van der Waals surface area contributed by atoms with Gasteiger partial charge in [-0.2, -0.15) is 0 Å². The largest absolute Gasteiger partial charge is 0.366 e. The van der Waals surface area contributed by atoms with Crippen LogP contribution in [-0.2, 0) is 6.54 Å². The van der Waals surface area contributed by atoms with E-state index in [1.54, 1.807) is 18.2 Å². The topological polar surface area (TPSA) is 74.0 Å². The van der Waals surface area contributed by atoms with Crippen LogP contribution in [0, 0.1) is 13.8 Å². The molecule has 5 heteroatoms. The average Bonchev–Trinajstić information content (AvgIpc) is 3.25. The number of carbonyl (C=O) groups is 1. The Labute approximate surface area is 182 Å². The Bertz CT molecular complexity index is 1250. The van der Waals surface area contributed by atoms with E-state index in [-0.39, 0.29) is 0 Å². The second-order valence-corrected chi connectivity index (χ2v) is 7.25. The molecule has 3 aromatic rings. The minimum absolute atomic E-state index is 0.418. The van der Waals surface area contributed by atoms with Crippen LogP contribution >= 0.6 is 0 Å². The Balaban J connectivity index is 2.45. The van der Waals surface area contributed by atoms with Crippen molar-refractivity contribution in [1.82, 2.24) is 9.72 Å². The SMILES string of the molecule is C=C/C(=C\C=C/C)Cn1c(C=C)c(C=C)c2c(C(N)=O)cc(-c3c(C)noc3C)cc21. The van der Waals surface area contributed by atoms with E-state index >= 15 is 0 Å². The van der Waals surface area contributed by atoms with Crippen LogP contribution in [0.15, 0.2) is 66.3 Å². The van der Waals surface area contributed by atoms with Crippen LogP contribution in [0.3, 0.4) is 0 Å². The molecular weight excluding hydrogens is 386 g/mol. The fourth-order valence-electron chi connectivity index (χ4n) is 3.94. The van der Waals surface area contributed by atoms with Gasteiger partial charge in [0.25, 0.3) is 0 Å². The van der Waals surface area contributed by atoms with E-state index in [2.05, 4.69) is 29.5 Å². The standard InChI is InChI=1S/C26H27N3O2/c1-7-11-12-18(8-2)15-29-22(10-4)20(9-3)25-21(26(27)30)13-19(14-23(25)29)24-16(5)28-31-17(24)6/h7-14H,2-4,15H2,1,5-6H3,(H2,27,30)/b11-7-,18-12+. The molecule has 0 unspecified atom stereocenters. The number of nitrogens with two attached hydrogens (primary N) is 1. The van der Waals surface area contributed by atoms with E-state index in [0.717, 1.165) is 44.6 Å². The molecule has 0 radical (unpaired) electrons. The molecule has 0 spiro atoms. The molecule has 0 aliphatic heterocycles. The van der Waals surface area contributed by atoms with Gasteiger partial charge in [-0.05, 0) is 50.1 Å². The van der Waals surface area contributed by atoms with Crippen LogP contribution in [0.5, 0.6) is 0 Å². The van der Waals surface area contributed by atoms with E-state index in [9.17, 15) is 4.79 Å². The summed E-state index contributed by atoms with van der Waals surface area (Å²) in [5, 5.41) is 4.81. The second kappa shape index (κ2) is 8.88. The monoisotopic (exact) mass is 413 g/mol. The number of fused-ring (bicyclic) bond motifs is 1. The summed E-state index contributed by atoms with van der Waals surface area (Å²) in [4.78, 5) is 12.5. The lowest BCUT2D eigenvalue weighted by atomic mass is 9.96. The number of amides is 1. The number of primary amides is 1. The van der Waals surface area contributed by atoms with Crippen molar-refractivity contribution >= 4 is 29.0 Å². The Morgan fingerprint density at radius 1 is 1.23 bits per heavy atom. The minimum Gasteiger partial charge on any atom is -0.366 e. The van der Waals surface area contributed by atoms with Crippen LogP contribution in [0.1, 0.15) is 40.0 Å². The zero-order chi connectivity index (χ0) is 22.7. The molecule has 0 fully saturated rings. The molecule has 0 saturated heterocycles. The summed E-state index contributed by atoms with van der Waals surface area (Å²) < 4.78 is 7.46. The third-order valence-corrected chi connectivity index (χ3v) is 5.34. The van der Waals surface area contributed by atoms with E-state index in [0.29, 0.717) is 17.9 Å². The van der Waals surface area contributed by atoms with Crippen molar-refractivity contribution in [3.05, 3.63) is 90.0 Å². The number of aryl methyl sites for hydroxylation is 2. The van der Waals surface area contributed by atoms with Crippen molar-refractivity contribution in [2.24, 2.45) is 5.73 Å². The van der Waals surface area contributed by atoms with Gasteiger partial charge in [-0.25, -0.2) is 0 Å². The van der Waals surface area contributed by atoms with Gasteiger partial charge in [-0.15, -0.1) is 0 Å². The number of nitrogens with zero attached hydrogens (tertiary/aromatic N) is 2. The number of benzene rings is 1. The molecule has 0 saturated carbocycles. The highest BCUT2D eigenvalue weighted by Crippen LogP contribution is 2.37. The fourth-order valence-corrected chi connectivity index (χ4v) is 3.94. The van der Waals surface area contributed by atoms with Gasteiger partial charge in [-0.3, -0.25) is 4.79 Å². The van der Waals surface area contributed by atoms with Gasteiger partial charge in [0.2, 0.25) is 5.91 Å². The first kappa shape index (κ1) is 21.8. The second-order valence-electron chi connectivity index (χ2n) is 7.25. The number of rotatable bonds is 8. The highest BCUT2D eigenvalue weighted by molar-refractivity contribution is 6.11. The molecule has 0 bridgehead atoms. The van der Waals surface area contributed by atoms with Gasteiger partial charge < -0.3 is 14.8 Å². The molecule has 2 heterocycles.